The van der Waals surface area contributed by atoms with E-state index >= 15 is 0 Å². The fourth-order valence-electron chi connectivity index (χ4n) is 4.24. The first-order chi connectivity index (χ1) is 12.4. The predicted octanol–water partition coefficient (Wildman–Crippen LogP) is 4.22. The second-order valence-corrected chi connectivity index (χ2v) is 8.94. The van der Waals surface area contributed by atoms with Crippen LogP contribution in [0.1, 0.15) is 59.8 Å². The van der Waals surface area contributed by atoms with Crippen LogP contribution in [0, 0.1) is 0 Å². The van der Waals surface area contributed by atoms with Crippen LogP contribution in [-0.4, -0.2) is 25.6 Å². The summed E-state index contributed by atoms with van der Waals surface area (Å²) in [5.41, 5.74) is 1.84. The Morgan fingerprint density at radius 3 is 2.23 bits per heavy atom. The minimum Gasteiger partial charge on any atom is -0.399 e. The van der Waals surface area contributed by atoms with E-state index in [0.29, 0.717) is 5.82 Å². The van der Waals surface area contributed by atoms with E-state index in [1.54, 1.807) is 0 Å². The second kappa shape index (κ2) is 6.73. The molecule has 2 aromatic rings. The Labute approximate surface area is 159 Å². The van der Waals surface area contributed by atoms with E-state index in [1.807, 2.05) is 0 Å². The van der Waals surface area contributed by atoms with Crippen molar-refractivity contribution in [2.75, 3.05) is 0 Å². The van der Waals surface area contributed by atoms with Crippen LogP contribution in [0.25, 0.3) is 10.8 Å². The number of fused-ring (bicyclic) bond motifs is 1. The van der Waals surface area contributed by atoms with Gasteiger partial charge in [0.15, 0.2) is 7.28 Å². The molecule has 4 rings (SSSR count). The number of hydrogen-bond donors (Lipinski definition) is 0. The molecule has 0 aromatic heterocycles. The van der Waals surface area contributed by atoms with Gasteiger partial charge in [-0.05, 0) is 43.9 Å². The van der Waals surface area contributed by atoms with Crippen molar-refractivity contribution in [3.05, 3.63) is 36.4 Å². The molecule has 2 aromatic carbocycles. The van der Waals surface area contributed by atoms with Crippen LogP contribution in [0.2, 0.25) is 5.82 Å². The third-order valence-corrected chi connectivity index (χ3v) is 6.56. The SMILES string of the molecule is CC1(C)OB(c2c([B]C3CCCCC3)ccc3ccccc23)OC1(C)C. The Balaban J connectivity index is 1.76. The normalized spacial score (nSPS) is 22.7. The van der Waals surface area contributed by atoms with Gasteiger partial charge in [-0.15, -0.1) is 0 Å². The van der Waals surface area contributed by atoms with Gasteiger partial charge in [-0.25, -0.2) is 0 Å². The van der Waals surface area contributed by atoms with E-state index < -0.39 is 0 Å². The average molecular weight is 347 g/mol. The fourth-order valence-corrected chi connectivity index (χ4v) is 4.24. The maximum absolute atomic E-state index is 6.45. The Bertz CT molecular complexity index is 778. The van der Waals surface area contributed by atoms with E-state index in [9.17, 15) is 0 Å². The Morgan fingerprint density at radius 1 is 0.885 bits per heavy atom. The highest BCUT2D eigenvalue weighted by atomic mass is 16.7. The van der Waals surface area contributed by atoms with Gasteiger partial charge in [0.05, 0.1) is 11.2 Å². The largest absolute Gasteiger partial charge is 0.494 e. The molecule has 2 aliphatic rings. The average Bonchev–Trinajstić information content (AvgIpc) is 2.83. The van der Waals surface area contributed by atoms with Gasteiger partial charge in [0, 0.05) is 0 Å². The molecule has 2 nitrogen and oxygen atoms in total. The first-order valence-electron chi connectivity index (χ1n) is 10.1. The summed E-state index contributed by atoms with van der Waals surface area (Å²) in [7, 11) is 2.16. The summed E-state index contributed by atoms with van der Waals surface area (Å²) in [6.07, 6.45) is 6.68. The van der Waals surface area contributed by atoms with Crippen LogP contribution in [0.5, 0.6) is 0 Å². The van der Waals surface area contributed by atoms with Gasteiger partial charge in [-0.2, -0.15) is 0 Å². The zero-order chi connectivity index (χ0) is 18.4. The zero-order valence-corrected chi connectivity index (χ0v) is 16.5. The van der Waals surface area contributed by atoms with Crippen molar-refractivity contribution in [1.29, 1.82) is 0 Å². The lowest BCUT2D eigenvalue weighted by Crippen LogP contribution is -2.47. The van der Waals surface area contributed by atoms with Crippen molar-refractivity contribution in [3.8, 4) is 0 Å². The van der Waals surface area contributed by atoms with Crippen molar-refractivity contribution in [1.82, 2.24) is 0 Å². The molecule has 1 saturated carbocycles. The molecule has 1 saturated heterocycles. The van der Waals surface area contributed by atoms with Gasteiger partial charge in [0.1, 0.15) is 0 Å². The molecule has 0 bridgehead atoms. The van der Waals surface area contributed by atoms with Crippen LogP contribution >= 0.6 is 0 Å². The van der Waals surface area contributed by atoms with Crippen LogP contribution in [0.15, 0.2) is 36.4 Å². The third-order valence-electron chi connectivity index (χ3n) is 6.56. The van der Waals surface area contributed by atoms with E-state index in [2.05, 4.69) is 71.4 Å². The van der Waals surface area contributed by atoms with Gasteiger partial charge < -0.3 is 9.31 Å². The van der Waals surface area contributed by atoms with Crippen LogP contribution < -0.4 is 10.9 Å². The standard InChI is InChI=1S/C22H29B2O2/c1-21(2)22(3,4)26-24(25-21)20-18-13-9-8-10-16(18)14-15-19(20)23-17-11-6-5-7-12-17/h8-10,13-15,17H,5-7,11-12H2,1-4H3. The summed E-state index contributed by atoms with van der Waals surface area (Å²) in [5, 5.41) is 2.49. The molecule has 0 spiro atoms. The summed E-state index contributed by atoms with van der Waals surface area (Å²) >= 11 is 0. The molecule has 1 radical (unpaired) electrons. The highest BCUT2D eigenvalue weighted by molar-refractivity contribution is 6.74. The molecule has 4 heteroatoms. The minimum atomic E-state index is -0.323. The Morgan fingerprint density at radius 2 is 1.54 bits per heavy atom. The lowest BCUT2D eigenvalue weighted by atomic mass is 9.50. The molecule has 0 atom stereocenters. The molecule has 0 N–H and O–H groups in total. The van der Waals surface area contributed by atoms with Crippen molar-refractivity contribution in [3.63, 3.8) is 0 Å². The third kappa shape index (κ3) is 3.23. The smallest absolute Gasteiger partial charge is 0.399 e. The molecule has 1 heterocycles. The lowest BCUT2D eigenvalue weighted by molar-refractivity contribution is 0.00578. The first-order valence-corrected chi connectivity index (χ1v) is 10.1. The van der Waals surface area contributed by atoms with Crippen LogP contribution in [0.4, 0.5) is 0 Å². The molecule has 2 fully saturated rings. The topological polar surface area (TPSA) is 18.5 Å². The van der Waals surface area contributed by atoms with Crippen molar-refractivity contribution in [2.24, 2.45) is 0 Å². The summed E-state index contributed by atoms with van der Waals surface area (Å²) in [6.45, 7) is 8.51. The second-order valence-electron chi connectivity index (χ2n) is 8.94. The maximum atomic E-state index is 6.45. The fraction of sp³-hybridized carbons (Fsp3) is 0.545. The minimum absolute atomic E-state index is 0.319. The van der Waals surface area contributed by atoms with Gasteiger partial charge in [-0.1, -0.05) is 79.8 Å². The first kappa shape index (κ1) is 18.1. The highest BCUT2D eigenvalue weighted by Crippen LogP contribution is 2.37. The van der Waals surface area contributed by atoms with Crippen molar-refractivity contribution < 1.29 is 9.31 Å². The Kier molecular flexibility index (Phi) is 4.69. The van der Waals surface area contributed by atoms with E-state index in [-0.39, 0.29) is 18.3 Å². The number of hydrogen-bond acceptors (Lipinski definition) is 2. The molecular weight excluding hydrogens is 318 g/mol. The zero-order valence-electron chi connectivity index (χ0n) is 16.5. The molecule has 1 aliphatic carbocycles. The van der Waals surface area contributed by atoms with Crippen LogP contribution in [0.3, 0.4) is 0 Å². The van der Waals surface area contributed by atoms with Gasteiger partial charge >= 0.3 is 7.12 Å². The highest BCUT2D eigenvalue weighted by Gasteiger charge is 2.52. The number of benzene rings is 2. The van der Waals surface area contributed by atoms with Crippen LogP contribution in [-0.2, 0) is 9.31 Å². The lowest BCUT2D eigenvalue weighted by Gasteiger charge is -2.32. The van der Waals surface area contributed by atoms with Crippen molar-refractivity contribution in [2.45, 2.75) is 76.8 Å². The summed E-state index contributed by atoms with van der Waals surface area (Å²) < 4.78 is 12.9. The van der Waals surface area contributed by atoms with Crippen molar-refractivity contribution >= 4 is 36.1 Å². The summed E-state index contributed by atoms with van der Waals surface area (Å²) in [6, 6.07) is 13.1. The molecule has 135 valence electrons. The van der Waals surface area contributed by atoms with Gasteiger partial charge in [0.25, 0.3) is 0 Å². The van der Waals surface area contributed by atoms with E-state index in [1.165, 1.54) is 53.8 Å². The molecule has 26 heavy (non-hydrogen) atoms. The van der Waals surface area contributed by atoms with Gasteiger partial charge in [-0.3, -0.25) is 0 Å². The molecule has 0 unspecified atom stereocenters. The molecule has 0 amide bonds. The molecular formula is C22H29B2O2. The summed E-state index contributed by atoms with van der Waals surface area (Å²) in [5.74, 6) is 0.672. The maximum Gasteiger partial charge on any atom is 0.494 e. The predicted molar refractivity (Wildman–Crippen MR) is 112 cm³/mol. The van der Waals surface area contributed by atoms with E-state index in [0.717, 1.165) is 0 Å². The number of rotatable bonds is 3. The van der Waals surface area contributed by atoms with E-state index in [4.69, 9.17) is 9.31 Å². The monoisotopic (exact) mass is 347 g/mol. The Hall–Kier alpha value is -1.25. The quantitative estimate of drug-likeness (QED) is 0.774. The van der Waals surface area contributed by atoms with Gasteiger partial charge in [0.2, 0.25) is 0 Å². The summed E-state index contributed by atoms with van der Waals surface area (Å²) in [4.78, 5) is 0. The molecule has 1 aliphatic heterocycles.